The first-order valence-electron chi connectivity index (χ1n) is 11.5. The molecule has 4 atom stereocenters. The molecule has 1 amide bonds. The number of hydrogen-bond acceptors (Lipinski definition) is 5. The molecule has 0 spiro atoms. The minimum Gasteiger partial charge on any atom is -0.497 e. The Bertz CT molecular complexity index is 1180. The Morgan fingerprint density at radius 2 is 1.91 bits per heavy atom. The fourth-order valence-electron chi connectivity index (χ4n) is 5.70. The highest BCUT2D eigenvalue weighted by molar-refractivity contribution is 5.98. The first-order chi connectivity index (χ1) is 16.0. The molecule has 0 saturated heterocycles. The van der Waals surface area contributed by atoms with E-state index in [0.29, 0.717) is 40.6 Å². The van der Waals surface area contributed by atoms with E-state index in [1.807, 2.05) is 13.0 Å². The molecule has 2 fully saturated rings. The van der Waals surface area contributed by atoms with E-state index < -0.39 is 5.82 Å². The molecule has 0 unspecified atom stereocenters. The summed E-state index contributed by atoms with van der Waals surface area (Å²) in [6.45, 7) is 1.91. The van der Waals surface area contributed by atoms with Gasteiger partial charge in [-0.15, -0.1) is 0 Å². The van der Waals surface area contributed by atoms with Crippen molar-refractivity contribution in [2.24, 2.45) is 11.8 Å². The zero-order valence-corrected chi connectivity index (χ0v) is 19.2. The molecule has 2 aliphatic rings. The molecule has 0 radical (unpaired) electrons. The predicted molar refractivity (Wildman–Crippen MR) is 122 cm³/mol. The van der Waals surface area contributed by atoms with E-state index in [0.717, 1.165) is 31.4 Å². The fraction of sp³-hybridized carbons (Fsp3) is 0.480. The second kappa shape index (κ2) is 8.74. The molecule has 2 bridgehead atoms. The molecule has 2 aliphatic carbocycles. The summed E-state index contributed by atoms with van der Waals surface area (Å²) >= 11 is 0. The maximum Gasteiger partial charge on any atom is 0.274 e. The van der Waals surface area contributed by atoms with Crippen molar-refractivity contribution >= 4 is 11.6 Å². The minimum atomic E-state index is -0.410. The summed E-state index contributed by atoms with van der Waals surface area (Å²) in [7, 11) is 3.29. The van der Waals surface area contributed by atoms with Gasteiger partial charge in [-0.3, -0.25) is 9.20 Å². The Balaban J connectivity index is 1.43. The topological polar surface area (TPSA) is 77.8 Å². The molecule has 5 rings (SSSR count). The highest BCUT2D eigenvalue weighted by Crippen LogP contribution is 2.41. The predicted octanol–water partition coefficient (Wildman–Crippen LogP) is 4.18. The number of carbonyl (C=O) groups excluding carboxylic acids is 1. The number of amides is 1. The van der Waals surface area contributed by atoms with Gasteiger partial charge in [-0.05, 0) is 62.6 Å². The Hall–Kier alpha value is -3.00. The van der Waals surface area contributed by atoms with Gasteiger partial charge in [0, 0.05) is 30.5 Å². The van der Waals surface area contributed by atoms with E-state index in [9.17, 15) is 9.18 Å². The number of aromatic nitrogens is 3. The lowest BCUT2D eigenvalue weighted by Crippen LogP contribution is -2.49. The standard InChI is InChI=1S/C25H29FN4O3/c1-14-7-21(17-8-18(26)12-20(11-17)32-2)29-24-22(27-13-30(14)24)25(31)28-19-9-15-5-4-6-16(10-19)23(15)33-3/h7-8,11-13,15-16,19,23H,4-6,9-10H2,1-3H3,(H,28,31)/t15-,16+,19+,23-. The minimum absolute atomic E-state index is 0.104. The molecule has 0 aliphatic heterocycles. The number of methoxy groups -OCH3 is 2. The van der Waals surface area contributed by atoms with Crippen molar-refractivity contribution < 1.29 is 18.7 Å². The summed E-state index contributed by atoms with van der Waals surface area (Å²) in [6, 6.07) is 6.40. The number of aryl methyl sites for hydroxylation is 1. The highest BCUT2D eigenvalue weighted by Gasteiger charge is 2.41. The third-order valence-electron chi connectivity index (χ3n) is 7.17. The average Bonchev–Trinajstić information content (AvgIpc) is 3.23. The van der Waals surface area contributed by atoms with Crippen molar-refractivity contribution in [3.63, 3.8) is 0 Å². The summed E-state index contributed by atoms with van der Waals surface area (Å²) in [5.41, 5.74) is 2.72. The summed E-state index contributed by atoms with van der Waals surface area (Å²) < 4.78 is 26.8. The molecular formula is C25H29FN4O3. The number of nitrogens with zero attached hydrogens (tertiary/aromatic N) is 3. The van der Waals surface area contributed by atoms with E-state index >= 15 is 0 Å². The van der Waals surface area contributed by atoms with Gasteiger partial charge < -0.3 is 14.8 Å². The second-order valence-corrected chi connectivity index (χ2v) is 9.24. The van der Waals surface area contributed by atoms with Crippen LogP contribution in [0, 0.1) is 24.6 Å². The first-order valence-corrected chi connectivity index (χ1v) is 11.5. The number of carbonyl (C=O) groups is 1. The van der Waals surface area contributed by atoms with Crippen LogP contribution in [0.5, 0.6) is 5.75 Å². The molecule has 8 heteroatoms. The average molecular weight is 453 g/mol. The molecule has 2 aromatic heterocycles. The van der Waals surface area contributed by atoms with E-state index in [2.05, 4.69) is 15.3 Å². The van der Waals surface area contributed by atoms with E-state index in [-0.39, 0.29) is 17.6 Å². The van der Waals surface area contributed by atoms with Crippen molar-refractivity contribution in [3.8, 4) is 17.0 Å². The smallest absolute Gasteiger partial charge is 0.274 e. The van der Waals surface area contributed by atoms with Crippen LogP contribution in [0.25, 0.3) is 16.9 Å². The van der Waals surface area contributed by atoms with Crippen molar-refractivity contribution in [1.82, 2.24) is 19.7 Å². The maximum atomic E-state index is 14.1. The lowest BCUT2D eigenvalue weighted by Gasteiger charge is -2.45. The van der Waals surface area contributed by atoms with Crippen LogP contribution < -0.4 is 10.1 Å². The van der Waals surface area contributed by atoms with Gasteiger partial charge in [0.2, 0.25) is 0 Å². The Morgan fingerprint density at radius 3 is 2.61 bits per heavy atom. The van der Waals surface area contributed by atoms with Gasteiger partial charge in [-0.25, -0.2) is 14.4 Å². The third kappa shape index (κ3) is 4.08. The highest BCUT2D eigenvalue weighted by atomic mass is 19.1. The van der Waals surface area contributed by atoms with Crippen molar-refractivity contribution in [2.45, 2.75) is 51.2 Å². The molecule has 33 heavy (non-hydrogen) atoms. The third-order valence-corrected chi connectivity index (χ3v) is 7.17. The van der Waals surface area contributed by atoms with Crippen LogP contribution in [-0.2, 0) is 4.74 Å². The SMILES string of the molecule is COc1cc(F)cc(-c2cc(C)n3cnc(C(=O)N[C@H]4C[C@H]5CCC[C@@H](C4)[C@@H]5OC)c3n2)c1. The van der Waals surface area contributed by atoms with E-state index in [1.54, 1.807) is 23.9 Å². The van der Waals surface area contributed by atoms with E-state index in [1.165, 1.54) is 25.7 Å². The second-order valence-electron chi connectivity index (χ2n) is 9.24. The number of nitrogens with one attached hydrogen (secondary N) is 1. The lowest BCUT2D eigenvalue weighted by atomic mass is 9.68. The summed E-state index contributed by atoms with van der Waals surface area (Å²) in [4.78, 5) is 22.3. The number of imidazole rings is 1. The Labute approximate surface area is 192 Å². The van der Waals surface area contributed by atoms with Crippen LogP contribution in [-0.4, -0.2) is 46.6 Å². The molecule has 1 aromatic carbocycles. The number of halogens is 1. The summed E-state index contributed by atoms with van der Waals surface area (Å²) in [5, 5.41) is 3.20. The Morgan fingerprint density at radius 1 is 1.15 bits per heavy atom. The van der Waals surface area contributed by atoms with Gasteiger partial charge in [0.1, 0.15) is 17.9 Å². The zero-order valence-electron chi connectivity index (χ0n) is 19.2. The Kier molecular flexibility index (Phi) is 5.78. The van der Waals surface area contributed by atoms with Crippen LogP contribution in [0.2, 0.25) is 0 Å². The van der Waals surface area contributed by atoms with Crippen LogP contribution in [0.1, 0.15) is 48.3 Å². The van der Waals surface area contributed by atoms with Crippen LogP contribution in [0.3, 0.4) is 0 Å². The van der Waals surface area contributed by atoms with Gasteiger partial charge in [0.15, 0.2) is 11.3 Å². The number of ether oxygens (including phenoxy) is 2. The zero-order chi connectivity index (χ0) is 23.1. The molecule has 7 nitrogen and oxygen atoms in total. The fourth-order valence-corrected chi connectivity index (χ4v) is 5.70. The number of fused-ring (bicyclic) bond motifs is 3. The maximum absolute atomic E-state index is 14.1. The first kappa shape index (κ1) is 21.8. The van der Waals surface area contributed by atoms with Gasteiger partial charge in [0.05, 0.1) is 18.9 Å². The summed E-state index contributed by atoms with van der Waals surface area (Å²) in [6.07, 6.45) is 7.29. The molecule has 3 aromatic rings. The van der Waals surface area contributed by atoms with Gasteiger partial charge in [-0.1, -0.05) is 6.42 Å². The van der Waals surface area contributed by atoms with Crippen molar-refractivity contribution in [3.05, 3.63) is 47.8 Å². The van der Waals surface area contributed by atoms with Gasteiger partial charge >= 0.3 is 0 Å². The number of benzene rings is 1. The molecule has 2 saturated carbocycles. The molecule has 1 N–H and O–H groups in total. The van der Waals surface area contributed by atoms with Crippen molar-refractivity contribution in [1.29, 1.82) is 0 Å². The number of hydrogen-bond donors (Lipinski definition) is 1. The van der Waals surface area contributed by atoms with Crippen LogP contribution in [0.15, 0.2) is 30.6 Å². The molecule has 174 valence electrons. The summed E-state index contributed by atoms with van der Waals surface area (Å²) in [5.74, 6) is 0.751. The van der Waals surface area contributed by atoms with Crippen molar-refractivity contribution in [2.75, 3.05) is 14.2 Å². The van der Waals surface area contributed by atoms with Crippen LogP contribution >= 0.6 is 0 Å². The largest absolute Gasteiger partial charge is 0.497 e. The van der Waals surface area contributed by atoms with E-state index in [4.69, 9.17) is 9.47 Å². The molecule has 2 heterocycles. The molecular weight excluding hydrogens is 423 g/mol. The van der Waals surface area contributed by atoms with Crippen LogP contribution in [0.4, 0.5) is 4.39 Å². The quantitative estimate of drug-likeness (QED) is 0.629. The monoisotopic (exact) mass is 452 g/mol. The van der Waals surface area contributed by atoms with Gasteiger partial charge in [0.25, 0.3) is 5.91 Å². The van der Waals surface area contributed by atoms with Gasteiger partial charge in [-0.2, -0.15) is 0 Å². The lowest BCUT2D eigenvalue weighted by molar-refractivity contribution is -0.0533. The number of rotatable bonds is 5. The normalized spacial score (nSPS) is 24.6.